The molecule has 0 amide bonds. The third kappa shape index (κ3) is 4.02. The van der Waals surface area contributed by atoms with Crippen LogP contribution in [-0.2, 0) is 4.74 Å². The molecule has 3 rings (SSSR count). The molecule has 0 aliphatic heterocycles. The highest BCUT2D eigenvalue weighted by Crippen LogP contribution is 2.35. The van der Waals surface area contributed by atoms with Crippen molar-refractivity contribution in [2.24, 2.45) is 17.8 Å². The van der Waals surface area contributed by atoms with Gasteiger partial charge in [-0.05, 0) is 61.8 Å². The highest BCUT2D eigenvalue weighted by atomic mass is 16.5. The van der Waals surface area contributed by atoms with Crippen LogP contribution < -0.4 is 0 Å². The minimum Gasteiger partial charge on any atom is -0.457 e. The van der Waals surface area contributed by atoms with Gasteiger partial charge >= 0.3 is 5.97 Å². The molecule has 0 N–H and O–H groups in total. The van der Waals surface area contributed by atoms with Crippen LogP contribution in [0.2, 0.25) is 0 Å². The van der Waals surface area contributed by atoms with Gasteiger partial charge in [0.05, 0.1) is 23.0 Å². The van der Waals surface area contributed by atoms with Crippen molar-refractivity contribution in [3.8, 4) is 11.8 Å². The summed E-state index contributed by atoms with van der Waals surface area (Å²) in [5, 5.41) is 17.1. The lowest BCUT2D eigenvalue weighted by molar-refractivity contribution is -0.0179. The fourth-order valence-electron chi connectivity index (χ4n) is 3.88. The number of nitriles is 1. The molecule has 1 heterocycles. The summed E-state index contributed by atoms with van der Waals surface area (Å²) in [6.07, 6.45) is 3.11. The van der Waals surface area contributed by atoms with Crippen LogP contribution in [0.4, 0.5) is 0 Å². The van der Waals surface area contributed by atoms with E-state index >= 15 is 0 Å². The van der Waals surface area contributed by atoms with Crippen LogP contribution in [0.15, 0.2) is 24.3 Å². The van der Waals surface area contributed by atoms with Crippen LogP contribution in [0.1, 0.15) is 61.8 Å². The molecule has 27 heavy (non-hydrogen) atoms. The number of carbonyl (C=O) groups excluding carboxylic acids is 1. The van der Waals surface area contributed by atoms with Crippen molar-refractivity contribution in [2.45, 2.75) is 53.1 Å². The molecule has 1 aliphatic rings. The smallest absolute Gasteiger partial charge is 0.361 e. The Labute approximate surface area is 160 Å². The second-order valence-corrected chi connectivity index (χ2v) is 7.86. The molecule has 6 nitrogen and oxygen atoms in total. The van der Waals surface area contributed by atoms with E-state index in [9.17, 15) is 4.79 Å². The minimum atomic E-state index is -0.405. The molecule has 0 radical (unpaired) electrons. The lowest BCUT2D eigenvalue weighted by atomic mass is 9.75. The Bertz CT molecular complexity index is 848. The number of rotatable bonds is 4. The van der Waals surface area contributed by atoms with E-state index < -0.39 is 5.97 Å². The van der Waals surface area contributed by atoms with Crippen molar-refractivity contribution >= 4 is 5.97 Å². The van der Waals surface area contributed by atoms with Crippen LogP contribution in [0, 0.1) is 36.0 Å². The molecule has 0 bridgehead atoms. The predicted octanol–water partition coefficient (Wildman–Crippen LogP) is 4.07. The lowest BCUT2D eigenvalue weighted by Gasteiger charge is -2.36. The fourth-order valence-corrected chi connectivity index (χ4v) is 3.88. The summed E-state index contributed by atoms with van der Waals surface area (Å²) >= 11 is 0. The van der Waals surface area contributed by atoms with Crippen LogP contribution in [0.25, 0.3) is 5.69 Å². The quantitative estimate of drug-likeness (QED) is 0.762. The number of carbonyl (C=O) groups is 1. The van der Waals surface area contributed by atoms with E-state index in [4.69, 9.17) is 10.00 Å². The molecule has 2 aromatic rings. The third-order valence-electron chi connectivity index (χ3n) is 5.55. The first-order chi connectivity index (χ1) is 12.9. The van der Waals surface area contributed by atoms with Crippen LogP contribution in [-0.4, -0.2) is 27.1 Å². The molecule has 0 saturated heterocycles. The molecule has 1 aromatic heterocycles. The number of esters is 1. The van der Waals surface area contributed by atoms with Crippen LogP contribution in [0.5, 0.6) is 0 Å². The van der Waals surface area contributed by atoms with E-state index in [-0.39, 0.29) is 11.8 Å². The molecule has 1 fully saturated rings. The molecular formula is C21H26N4O2. The normalized spacial score (nSPS) is 22.4. The summed E-state index contributed by atoms with van der Waals surface area (Å²) in [7, 11) is 0. The molecule has 1 aromatic carbocycles. The van der Waals surface area contributed by atoms with Gasteiger partial charge in [-0.1, -0.05) is 32.4 Å². The number of hydrogen-bond donors (Lipinski definition) is 0. The average Bonchev–Trinajstić information content (AvgIpc) is 3.03. The van der Waals surface area contributed by atoms with Gasteiger partial charge in [-0.25, -0.2) is 9.48 Å². The Balaban J connectivity index is 1.79. The van der Waals surface area contributed by atoms with Gasteiger partial charge < -0.3 is 4.74 Å². The summed E-state index contributed by atoms with van der Waals surface area (Å²) in [4.78, 5) is 12.8. The van der Waals surface area contributed by atoms with Crippen molar-refractivity contribution in [1.82, 2.24) is 15.0 Å². The number of hydrogen-bond acceptors (Lipinski definition) is 5. The highest BCUT2D eigenvalue weighted by molar-refractivity contribution is 5.88. The van der Waals surface area contributed by atoms with Crippen molar-refractivity contribution in [3.05, 3.63) is 41.2 Å². The summed E-state index contributed by atoms with van der Waals surface area (Å²) in [6, 6.07) is 9.08. The largest absolute Gasteiger partial charge is 0.457 e. The number of ether oxygens (including phenoxy) is 1. The first kappa shape index (κ1) is 19.1. The monoisotopic (exact) mass is 366 g/mol. The van der Waals surface area contributed by atoms with E-state index in [1.54, 1.807) is 35.9 Å². The lowest BCUT2D eigenvalue weighted by Crippen LogP contribution is -2.36. The van der Waals surface area contributed by atoms with E-state index in [0.29, 0.717) is 29.0 Å². The van der Waals surface area contributed by atoms with Gasteiger partial charge in [-0.2, -0.15) is 5.26 Å². The Morgan fingerprint density at radius 2 is 2.00 bits per heavy atom. The van der Waals surface area contributed by atoms with Crippen molar-refractivity contribution in [3.63, 3.8) is 0 Å². The maximum Gasteiger partial charge on any atom is 0.361 e. The molecule has 0 spiro atoms. The molecule has 3 atom stereocenters. The summed E-state index contributed by atoms with van der Waals surface area (Å²) in [5.41, 5.74) is 2.21. The van der Waals surface area contributed by atoms with Gasteiger partial charge in [-0.3, -0.25) is 0 Å². The second-order valence-electron chi connectivity index (χ2n) is 7.86. The van der Waals surface area contributed by atoms with E-state index in [2.05, 4.69) is 37.2 Å². The SMILES string of the molecule is Cc1c(C(=O)O[C@@H]2C[C@H](C)CC[C@H]2C(C)C)nnn1-c1ccc(C#N)cc1. The van der Waals surface area contributed by atoms with Gasteiger partial charge in [-0.15, -0.1) is 5.10 Å². The summed E-state index contributed by atoms with van der Waals surface area (Å²) in [6.45, 7) is 8.39. The Hall–Kier alpha value is -2.68. The number of aromatic nitrogens is 3. The maximum atomic E-state index is 12.8. The first-order valence-electron chi connectivity index (χ1n) is 9.54. The molecular weight excluding hydrogens is 340 g/mol. The minimum absolute atomic E-state index is 0.0688. The topological polar surface area (TPSA) is 80.8 Å². The maximum absolute atomic E-state index is 12.8. The second kappa shape index (κ2) is 7.91. The third-order valence-corrected chi connectivity index (χ3v) is 5.55. The summed E-state index contributed by atoms with van der Waals surface area (Å²) < 4.78 is 7.49. The zero-order chi connectivity index (χ0) is 19.6. The Morgan fingerprint density at radius 3 is 2.63 bits per heavy atom. The van der Waals surface area contributed by atoms with Crippen molar-refractivity contribution in [1.29, 1.82) is 5.26 Å². The zero-order valence-corrected chi connectivity index (χ0v) is 16.3. The number of benzene rings is 1. The predicted molar refractivity (Wildman–Crippen MR) is 101 cm³/mol. The molecule has 1 aliphatic carbocycles. The van der Waals surface area contributed by atoms with Gasteiger partial charge in [0.2, 0.25) is 0 Å². The number of nitrogens with zero attached hydrogens (tertiary/aromatic N) is 4. The van der Waals surface area contributed by atoms with E-state index in [0.717, 1.165) is 18.5 Å². The van der Waals surface area contributed by atoms with Crippen molar-refractivity contribution < 1.29 is 9.53 Å². The average molecular weight is 366 g/mol. The zero-order valence-electron chi connectivity index (χ0n) is 16.3. The van der Waals surface area contributed by atoms with Gasteiger partial charge in [0.25, 0.3) is 0 Å². The molecule has 0 unspecified atom stereocenters. The highest BCUT2D eigenvalue weighted by Gasteiger charge is 2.34. The van der Waals surface area contributed by atoms with Gasteiger partial charge in [0, 0.05) is 0 Å². The van der Waals surface area contributed by atoms with Gasteiger partial charge in [0.15, 0.2) is 5.69 Å². The molecule has 1 saturated carbocycles. The van der Waals surface area contributed by atoms with Crippen LogP contribution in [0.3, 0.4) is 0 Å². The van der Waals surface area contributed by atoms with E-state index in [1.165, 1.54) is 6.42 Å². The molecule has 6 heteroatoms. The van der Waals surface area contributed by atoms with Gasteiger partial charge in [0.1, 0.15) is 6.10 Å². The molecule has 142 valence electrons. The van der Waals surface area contributed by atoms with Crippen molar-refractivity contribution in [2.75, 3.05) is 0 Å². The fraction of sp³-hybridized carbons (Fsp3) is 0.524. The standard InChI is InChI=1S/C21H26N4O2/c1-13(2)18-10-5-14(3)11-19(18)27-21(26)20-15(4)25(24-23-20)17-8-6-16(12-22)7-9-17/h6-9,13-14,18-19H,5,10-11H2,1-4H3/t14-,18+,19-/m1/s1. The van der Waals surface area contributed by atoms with E-state index in [1.807, 2.05) is 0 Å². The Kier molecular flexibility index (Phi) is 5.59. The van der Waals surface area contributed by atoms with Crippen LogP contribution >= 0.6 is 0 Å². The summed E-state index contributed by atoms with van der Waals surface area (Å²) in [5.74, 6) is 1.02. The first-order valence-corrected chi connectivity index (χ1v) is 9.54. The Morgan fingerprint density at radius 1 is 1.30 bits per heavy atom.